The second-order valence-electron chi connectivity index (χ2n) is 2.97. The Kier molecular flexibility index (Phi) is 15.9. The van der Waals surface area contributed by atoms with Crippen LogP contribution in [0.2, 0.25) is 0 Å². The summed E-state index contributed by atoms with van der Waals surface area (Å²) in [6.45, 7) is 7.44. The smallest absolute Gasteiger partial charge is 0.269 e. The molecule has 0 amide bonds. The third-order valence-corrected chi connectivity index (χ3v) is 1.69. The average Bonchev–Trinajstić information content (AvgIpc) is 2.21. The molecule has 0 aliphatic carbocycles. The molecule has 0 aromatic heterocycles. The van der Waals surface area contributed by atoms with E-state index in [0.29, 0.717) is 0 Å². The summed E-state index contributed by atoms with van der Waals surface area (Å²) in [5, 5.41) is 0. The summed E-state index contributed by atoms with van der Waals surface area (Å²) in [6, 6.07) is 19.7. The van der Waals surface area contributed by atoms with E-state index < -0.39 is 0 Å². The van der Waals surface area contributed by atoms with Crippen molar-refractivity contribution < 1.29 is 31.1 Å². The minimum Gasteiger partial charge on any atom is -0.269 e. The molecule has 0 fully saturated rings. The van der Waals surface area contributed by atoms with E-state index in [1.54, 1.807) is 0 Å². The van der Waals surface area contributed by atoms with Crippen molar-refractivity contribution in [2.45, 2.75) is 0 Å². The van der Waals surface area contributed by atoms with Gasteiger partial charge in [-0.2, -0.15) is 49.2 Å². The molecule has 0 radical (unpaired) electrons. The molecule has 17 heavy (non-hydrogen) atoms. The number of halogens is 2. The quantitative estimate of drug-likeness (QED) is 0.500. The van der Waals surface area contributed by atoms with Gasteiger partial charge in [-0.3, -0.25) is 9.41 Å². The molecule has 0 heterocycles. The topological polar surface area (TPSA) is 0 Å². The SMILES string of the molecule is F.F.[CH2-]c1ccccc1.[CH2-]c1ccccc1.[Ti+2]. The van der Waals surface area contributed by atoms with E-state index in [2.05, 4.69) is 13.8 Å². The molecule has 0 saturated carbocycles. The third kappa shape index (κ3) is 11.0. The average molecular weight is 270 g/mol. The summed E-state index contributed by atoms with van der Waals surface area (Å²) in [4.78, 5) is 0. The van der Waals surface area contributed by atoms with Crippen molar-refractivity contribution in [1.29, 1.82) is 0 Å². The van der Waals surface area contributed by atoms with Crippen LogP contribution in [0.5, 0.6) is 0 Å². The molecule has 0 saturated heterocycles. The zero-order valence-corrected chi connectivity index (χ0v) is 11.1. The Labute approximate surface area is 117 Å². The van der Waals surface area contributed by atoms with Crippen molar-refractivity contribution >= 4 is 0 Å². The fourth-order valence-electron chi connectivity index (χ4n) is 0.956. The molecule has 0 atom stereocenters. The van der Waals surface area contributed by atoms with E-state index in [4.69, 9.17) is 0 Å². The van der Waals surface area contributed by atoms with Gasteiger partial charge in [0.05, 0.1) is 0 Å². The number of rotatable bonds is 0. The van der Waals surface area contributed by atoms with Crippen LogP contribution in [-0.2, 0) is 21.7 Å². The predicted octanol–water partition coefficient (Wildman–Crippen LogP) is 4.04. The Bertz CT molecular complexity index is 312. The maximum atomic E-state index is 3.72. The van der Waals surface area contributed by atoms with Crippen LogP contribution in [-0.4, -0.2) is 0 Å². The summed E-state index contributed by atoms with van der Waals surface area (Å²) in [5.74, 6) is 0. The van der Waals surface area contributed by atoms with Gasteiger partial charge in [0.15, 0.2) is 0 Å². The van der Waals surface area contributed by atoms with E-state index in [0.717, 1.165) is 11.1 Å². The largest absolute Gasteiger partial charge is 2.00 e. The zero-order valence-electron chi connectivity index (χ0n) is 9.50. The minimum absolute atomic E-state index is 0. The van der Waals surface area contributed by atoms with Gasteiger partial charge in [0.2, 0.25) is 0 Å². The minimum atomic E-state index is 0. The maximum Gasteiger partial charge on any atom is 2.00 e. The first-order chi connectivity index (χ1) is 6.79. The van der Waals surface area contributed by atoms with Crippen molar-refractivity contribution in [2.24, 2.45) is 0 Å². The first-order valence-electron chi connectivity index (χ1n) is 4.53. The van der Waals surface area contributed by atoms with Gasteiger partial charge in [-0.25, -0.2) is 0 Å². The molecule has 2 rings (SSSR count). The van der Waals surface area contributed by atoms with Crippen LogP contribution in [0, 0.1) is 13.8 Å². The van der Waals surface area contributed by atoms with Crippen LogP contribution in [0.25, 0.3) is 0 Å². The number of hydrogen-bond donors (Lipinski definition) is 0. The molecule has 2 aromatic rings. The summed E-state index contributed by atoms with van der Waals surface area (Å²) in [7, 11) is 0. The van der Waals surface area contributed by atoms with E-state index in [1.165, 1.54) is 0 Å². The Morgan fingerprint density at radius 1 is 0.529 bits per heavy atom. The van der Waals surface area contributed by atoms with Gasteiger partial charge < -0.3 is 0 Å². The summed E-state index contributed by atoms with van der Waals surface area (Å²) >= 11 is 0. The first-order valence-corrected chi connectivity index (χ1v) is 4.53. The van der Waals surface area contributed by atoms with Gasteiger partial charge in [0, 0.05) is 0 Å². The molecule has 0 bridgehead atoms. The molecular formula is C14H16F2Ti. The maximum absolute atomic E-state index is 3.72. The fourth-order valence-corrected chi connectivity index (χ4v) is 0.956. The first kappa shape index (κ1) is 21.1. The second kappa shape index (κ2) is 12.8. The van der Waals surface area contributed by atoms with Gasteiger partial charge in [-0.1, -0.05) is 12.1 Å². The molecule has 0 nitrogen and oxygen atoms in total. The van der Waals surface area contributed by atoms with Crippen molar-refractivity contribution in [1.82, 2.24) is 0 Å². The van der Waals surface area contributed by atoms with E-state index in [9.17, 15) is 0 Å². The van der Waals surface area contributed by atoms with Gasteiger partial charge in [0.1, 0.15) is 0 Å². The van der Waals surface area contributed by atoms with E-state index in [1.807, 2.05) is 60.7 Å². The Morgan fingerprint density at radius 2 is 0.765 bits per heavy atom. The molecule has 3 heteroatoms. The summed E-state index contributed by atoms with van der Waals surface area (Å²) < 4.78 is 0. The van der Waals surface area contributed by atoms with Gasteiger partial charge in [0.25, 0.3) is 0 Å². The fraction of sp³-hybridized carbons (Fsp3) is 0. The number of benzene rings is 2. The molecule has 0 aliphatic heterocycles. The monoisotopic (exact) mass is 270 g/mol. The zero-order chi connectivity index (χ0) is 10.2. The van der Waals surface area contributed by atoms with E-state index >= 15 is 0 Å². The second-order valence-corrected chi connectivity index (χ2v) is 2.97. The van der Waals surface area contributed by atoms with Gasteiger partial charge in [-0.15, -0.1) is 24.3 Å². The molecule has 0 spiro atoms. The third-order valence-electron chi connectivity index (χ3n) is 1.69. The van der Waals surface area contributed by atoms with Crippen LogP contribution in [0.1, 0.15) is 11.1 Å². The standard InChI is InChI=1S/2C7H7.2FH.Ti/c2*1-7-5-3-2-4-6-7;;;/h2*2-6H,1H2;2*1H;/q2*-1;;;+2. The molecule has 0 aliphatic rings. The summed E-state index contributed by atoms with van der Waals surface area (Å²) in [6.07, 6.45) is 0. The van der Waals surface area contributed by atoms with Crippen molar-refractivity contribution in [3.63, 3.8) is 0 Å². The normalized spacial score (nSPS) is 7.06. The summed E-state index contributed by atoms with van der Waals surface area (Å²) in [5.41, 5.74) is 2.14. The van der Waals surface area contributed by atoms with E-state index in [-0.39, 0.29) is 31.1 Å². The Hall–Kier alpha value is -1.25. The van der Waals surface area contributed by atoms with Crippen LogP contribution in [0.4, 0.5) is 9.41 Å². The number of hydrogen-bond acceptors (Lipinski definition) is 0. The Balaban J connectivity index is -0.000000196. The Morgan fingerprint density at radius 3 is 0.882 bits per heavy atom. The molecule has 2 aromatic carbocycles. The van der Waals surface area contributed by atoms with Crippen molar-refractivity contribution in [3.05, 3.63) is 85.6 Å². The molecular weight excluding hydrogens is 254 g/mol. The predicted molar refractivity (Wildman–Crippen MR) is 66.8 cm³/mol. The molecule has 0 N–H and O–H groups in total. The van der Waals surface area contributed by atoms with Crippen LogP contribution < -0.4 is 0 Å². The molecule has 90 valence electrons. The van der Waals surface area contributed by atoms with Crippen LogP contribution >= 0.6 is 0 Å². The van der Waals surface area contributed by atoms with Gasteiger partial charge in [-0.05, 0) is 0 Å². The molecule has 0 unspecified atom stereocenters. The van der Waals surface area contributed by atoms with Crippen LogP contribution in [0.15, 0.2) is 60.7 Å². The van der Waals surface area contributed by atoms with Crippen molar-refractivity contribution in [3.8, 4) is 0 Å². The van der Waals surface area contributed by atoms with Crippen molar-refractivity contribution in [2.75, 3.05) is 0 Å². The van der Waals surface area contributed by atoms with Gasteiger partial charge >= 0.3 is 21.7 Å². The van der Waals surface area contributed by atoms with Crippen LogP contribution in [0.3, 0.4) is 0 Å².